The summed E-state index contributed by atoms with van der Waals surface area (Å²) in [4.78, 5) is 15.8. The summed E-state index contributed by atoms with van der Waals surface area (Å²) in [5.41, 5.74) is 0.433. The Kier molecular flexibility index (Phi) is 9.01. The van der Waals surface area contributed by atoms with Crippen LogP contribution < -0.4 is 10.2 Å². The second kappa shape index (κ2) is 12.6. The number of morpholine rings is 1. The summed E-state index contributed by atoms with van der Waals surface area (Å²) in [6.45, 7) is 4.52. The number of aromatic hydroxyl groups is 1. The topological polar surface area (TPSA) is 162 Å². The van der Waals surface area contributed by atoms with Crippen LogP contribution in [-0.4, -0.2) is 101 Å². The first-order valence-electron chi connectivity index (χ1n) is 13.5. The molecule has 216 valence electrons. The summed E-state index contributed by atoms with van der Waals surface area (Å²) < 4.78 is 22.6. The van der Waals surface area contributed by atoms with Crippen LogP contribution in [0.3, 0.4) is 0 Å². The van der Waals surface area contributed by atoms with E-state index in [0.717, 1.165) is 45.7 Å². The lowest BCUT2D eigenvalue weighted by Crippen LogP contribution is -2.55. The average Bonchev–Trinajstić information content (AvgIpc) is 2.97. The highest BCUT2D eigenvalue weighted by Gasteiger charge is 2.45. The van der Waals surface area contributed by atoms with Crippen molar-refractivity contribution in [2.75, 3.05) is 46.1 Å². The molecule has 0 bridgehead atoms. The number of ether oxygens (including phenoxy) is 3. The lowest BCUT2D eigenvalue weighted by atomic mass is 9.89. The third kappa shape index (κ3) is 5.86. The maximum absolute atomic E-state index is 13.4. The van der Waals surface area contributed by atoms with Crippen LogP contribution in [0, 0.1) is 0 Å². The summed E-state index contributed by atoms with van der Waals surface area (Å²) in [7, 11) is 0. The molecule has 3 heterocycles. The molecule has 2 aliphatic rings. The SMILES string of the molecule is O=c1c(-c2ccc(OCCCCN3CCOCC3)cc2)coc2c([C@@H]3O[C@H](CO)[C@@H](O)[C@H](O)[C@H]3O)c(O)ccc12. The van der Waals surface area contributed by atoms with Gasteiger partial charge in [0.1, 0.15) is 53.9 Å². The first-order chi connectivity index (χ1) is 19.4. The Morgan fingerprint density at radius 3 is 2.42 bits per heavy atom. The van der Waals surface area contributed by atoms with Crippen LogP contribution >= 0.6 is 0 Å². The quantitative estimate of drug-likeness (QED) is 0.240. The first-order valence-corrected chi connectivity index (χ1v) is 13.5. The normalized spacial score (nSPS) is 25.8. The molecular weight excluding hydrogens is 522 g/mol. The Bertz CT molecular complexity index is 1340. The molecule has 11 nitrogen and oxygen atoms in total. The summed E-state index contributed by atoms with van der Waals surface area (Å²) in [6, 6.07) is 9.78. The summed E-state index contributed by atoms with van der Waals surface area (Å²) in [5.74, 6) is 0.356. The van der Waals surface area contributed by atoms with E-state index in [-0.39, 0.29) is 33.3 Å². The van der Waals surface area contributed by atoms with E-state index in [1.165, 1.54) is 18.4 Å². The predicted molar refractivity (Wildman–Crippen MR) is 144 cm³/mol. The molecule has 0 aliphatic carbocycles. The van der Waals surface area contributed by atoms with Crippen LogP contribution in [0.25, 0.3) is 22.1 Å². The third-order valence-electron chi connectivity index (χ3n) is 7.54. The number of nitrogens with zero attached hydrogens (tertiary/aromatic N) is 1. The van der Waals surface area contributed by atoms with Crippen LogP contribution in [0.1, 0.15) is 24.5 Å². The number of aliphatic hydroxyl groups is 4. The second-order valence-electron chi connectivity index (χ2n) is 10.1. The van der Waals surface area contributed by atoms with Crippen molar-refractivity contribution >= 4 is 11.0 Å². The summed E-state index contributed by atoms with van der Waals surface area (Å²) >= 11 is 0. The van der Waals surface area contributed by atoms with E-state index in [9.17, 15) is 30.3 Å². The molecule has 5 N–H and O–H groups in total. The average molecular weight is 558 g/mol. The van der Waals surface area contributed by atoms with Gasteiger partial charge < -0.3 is 44.2 Å². The molecule has 2 aliphatic heterocycles. The van der Waals surface area contributed by atoms with Gasteiger partial charge in [-0.15, -0.1) is 0 Å². The van der Waals surface area contributed by atoms with E-state index in [1.54, 1.807) is 24.3 Å². The third-order valence-corrected chi connectivity index (χ3v) is 7.54. The zero-order chi connectivity index (χ0) is 28.2. The maximum atomic E-state index is 13.4. The lowest BCUT2D eigenvalue weighted by molar-refractivity contribution is -0.231. The van der Waals surface area contributed by atoms with Gasteiger partial charge in [0.2, 0.25) is 5.43 Å². The second-order valence-corrected chi connectivity index (χ2v) is 10.1. The van der Waals surface area contributed by atoms with Gasteiger partial charge in [0.25, 0.3) is 0 Å². The van der Waals surface area contributed by atoms with Crippen molar-refractivity contribution in [2.24, 2.45) is 0 Å². The molecule has 5 rings (SSSR count). The molecule has 2 saturated heterocycles. The maximum Gasteiger partial charge on any atom is 0.200 e. The van der Waals surface area contributed by atoms with Crippen molar-refractivity contribution in [3.8, 4) is 22.6 Å². The zero-order valence-electron chi connectivity index (χ0n) is 22.0. The van der Waals surface area contributed by atoms with Crippen LogP contribution in [0.5, 0.6) is 11.5 Å². The fraction of sp³-hybridized carbons (Fsp3) is 0.483. The van der Waals surface area contributed by atoms with E-state index in [0.29, 0.717) is 17.9 Å². The highest BCUT2D eigenvalue weighted by atomic mass is 16.5. The van der Waals surface area contributed by atoms with E-state index in [1.807, 2.05) is 0 Å². The molecule has 0 spiro atoms. The van der Waals surface area contributed by atoms with Crippen molar-refractivity contribution in [2.45, 2.75) is 43.4 Å². The molecule has 0 unspecified atom stereocenters. The van der Waals surface area contributed by atoms with Crippen molar-refractivity contribution in [3.63, 3.8) is 0 Å². The number of fused-ring (bicyclic) bond motifs is 1. The largest absolute Gasteiger partial charge is 0.507 e. The minimum absolute atomic E-state index is 0.0323. The van der Waals surface area contributed by atoms with Crippen LogP contribution in [0.15, 0.2) is 51.9 Å². The highest BCUT2D eigenvalue weighted by Crippen LogP contribution is 2.40. The van der Waals surface area contributed by atoms with Gasteiger partial charge in [0.05, 0.1) is 42.9 Å². The lowest BCUT2D eigenvalue weighted by Gasteiger charge is -2.40. The number of phenols is 1. The minimum Gasteiger partial charge on any atom is -0.507 e. The summed E-state index contributed by atoms with van der Waals surface area (Å²) in [6.07, 6.45) is -4.18. The van der Waals surface area contributed by atoms with Gasteiger partial charge in [-0.3, -0.25) is 9.69 Å². The Labute approximate surface area is 230 Å². The number of unbranched alkanes of at least 4 members (excludes halogenated alkanes) is 1. The molecule has 40 heavy (non-hydrogen) atoms. The van der Waals surface area contributed by atoms with Gasteiger partial charge in [-0.05, 0) is 49.2 Å². The first kappa shape index (κ1) is 28.5. The molecule has 2 fully saturated rings. The zero-order valence-corrected chi connectivity index (χ0v) is 22.0. The van der Waals surface area contributed by atoms with E-state index in [2.05, 4.69) is 4.90 Å². The molecule has 5 atom stereocenters. The highest BCUT2D eigenvalue weighted by molar-refractivity contribution is 5.86. The van der Waals surface area contributed by atoms with Crippen molar-refractivity contribution in [3.05, 3.63) is 58.4 Å². The van der Waals surface area contributed by atoms with Gasteiger partial charge in [-0.1, -0.05) is 12.1 Å². The Balaban J connectivity index is 1.30. The van der Waals surface area contributed by atoms with Gasteiger partial charge in [0, 0.05) is 13.1 Å². The van der Waals surface area contributed by atoms with Crippen molar-refractivity contribution in [1.82, 2.24) is 4.90 Å². The molecule has 2 aromatic carbocycles. The smallest absolute Gasteiger partial charge is 0.200 e. The number of benzene rings is 2. The summed E-state index contributed by atoms with van der Waals surface area (Å²) in [5, 5.41) is 51.1. The molecule has 0 saturated carbocycles. The minimum atomic E-state index is -1.65. The number of hydrogen-bond donors (Lipinski definition) is 5. The van der Waals surface area contributed by atoms with Gasteiger partial charge in [-0.25, -0.2) is 0 Å². The Morgan fingerprint density at radius 1 is 0.950 bits per heavy atom. The van der Waals surface area contributed by atoms with Gasteiger partial charge >= 0.3 is 0 Å². The van der Waals surface area contributed by atoms with E-state index < -0.39 is 37.1 Å². The van der Waals surface area contributed by atoms with Crippen molar-refractivity contribution in [1.29, 1.82) is 0 Å². The molecule has 11 heteroatoms. The van der Waals surface area contributed by atoms with Crippen LogP contribution in [-0.2, 0) is 9.47 Å². The Hall–Kier alpha value is -3.03. The van der Waals surface area contributed by atoms with Crippen molar-refractivity contribution < 1.29 is 44.2 Å². The number of rotatable bonds is 9. The Morgan fingerprint density at radius 2 is 1.70 bits per heavy atom. The fourth-order valence-corrected chi connectivity index (χ4v) is 5.21. The fourth-order valence-electron chi connectivity index (χ4n) is 5.21. The number of hydrogen-bond acceptors (Lipinski definition) is 11. The number of aliphatic hydroxyl groups excluding tert-OH is 4. The molecular formula is C29H35NO10. The van der Waals surface area contributed by atoms with Crippen LogP contribution in [0.4, 0.5) is 0 Å². The van der Waals surface area contributed by atoms with Gasteiger partial charge in [0.15, 0.2) is 0 Å². The van der Waals surface area contributed by atoms with E-state index in [4.69, 9.17) is 18.6 Å². The van der Waals surface area contributed by atoms with Crippen LogP contribution in [0.2, 0.25) is 0 Å². The van der Waals surface area contributed by atoms with Gasteiger partial charge in [-0.2, -0.15) is 0 Å². The monoisotopic (exact) mass is 557 g/mol. The molecule has 1 aromatic heterocycles. The van der Waals surface area contributed by atoms with E-state index >= 15 is 0 Å². The number of phenolic OH excluding ortho intramolecular Hbond substituents is 1. The standard InChI is InChI=1S/C29H35NO10/c31-15-22-25(34)26(35)27(36)29(40-22)23-21(32)8-7-19-24(33)20(16-39-28(19)23)17-3-5-18(6-4-17)38-12-2-1-9-30-10-13-37-14-11-30/h3-8,16,22,25-27,29,31-32,34-36H,1-2,9-15H2/t22-,25-,26+,27-,29+/m1/s1. The molecule has 0 amide bonds. The molecule has 0 radical (unpaired) electrons. The predicted octanol–water partition coefficient (Wildman–Crippen LogP) is 1.17. The molecule has 3 aromatic rings.